The van der Waals surface area contributed by atoms with E-state index in [1.807, 2.05) is 60.9 Å². The Kier molecular flexibility index (Phi) is 6.34. The number of furan rings is 1. The molecule has 0 unspecified atom stereocenters. The molecule has 2 aromatic carbocycles. The first-order valence-electron chi connectivity index (χ1n) is 11.3. The summed E-state index contributed by atoms with van der Waals surface area (Å²) < 4.78 is 24.9. The summed E-state index contributed by atoms with van der Waals surface area (Å²) in [5.41, 5.74) is 3.18. The highest BCUT2D eigenvalue weighted by atomic mass is 32.2. The molecule has 2 N–H and O–H groups in total. The predicted octanol–water partition coefficient (Wildman–Crippen LogP) is 6.27. The molecule has 2 aromatic heterocycles. The van der Waals surface area contributed by atoms with Gasteiger partial charge in [0.15, 0.2) is 5.16 Å². The van der Waals surface area contributed by atoms with Crippen LogP contribution in [0.3, 0.4) is 0 Å². The van der Waals surface area contributed by atoms with Crippen LogP contribution in [0.2, 0.25) is 0 Å². The molecule has 1 saturated carbocycles. The zero-order chi connectivity index (χ0) is 24.4. The minimum atomic E-state index is -1.03. The van der Waals surface area contributed by atoms with Gasteiger partial charge in [0.25, 0.3) is 0 Å². The highest BCUT2D eigenvalue weighted by Gasteiger charge is 2.40. The molecule has 2 heterocycles. The van der Waals surface area contributed by atoms with Crippen LogP contribution >= 0.6 is 11.8 Å². The molecular formula is C26H24FN3O4S. The number of rotatable bonds is 8. The Hall–Kier alpha value is -3.59. The van der Waals surface area contributed by atoms with Gasteiger partial charge in [-0.1, -0.05) is 66.4 Å². The molecule has 7 nitrogen and oxygen atoms in total. The first-order valence-corrected chi connectivity index (χ1v) is 12.5. The molecule has 0 radical (unpaired) electrons. The number of benzene rings is 2. The van der Waals surface area contributed by atoms with Crippen LogP contribution in [-0.2, 0) is 5.54 Å². The average molecular weight is 494 g/mol. The predicted molar refractivity (Wildman–Crippen MR) is 133 cm³/mol. The third-order valence-electron chi connectivity index (χ3n) is 6.31. The molecule has 0 saturated heterocycles. The Labute approximate surface area is 205 Å². The van der Waals surface area contributed by atoms with E-state index < -0.39 is 18.3 Å². The molecule has 35 heavy (non-hydrogen) atoms. The zero-order valence-electron chi connectivity index (χ0n) is 19.1. The van der Waals surface area contributed by atoms with E-state index in [2.05, 4.69) is 15.3 Å². The lowest BCUT2D eigenvalue weighted by Crippen LogP contribution is -2.50. The minimum absolute atomic E-state index is 0.123. The fourth-order valence-electron chi connectivity index (χ4n) is 4.53. The fourth-order valence-corrected chi connectivity index (χ4v) is 4.88. The molecule has 1 aliphatic carbocycles. The van der Waals surface area contributed by atoms with Crippen molar-refractivity contribution in [2.75, 3.05) is 19.5 Å². The van der Waals surface area contributed by atoms with Crippen molar-refractivity contribution in [1.82, 2.24) is 15.3 Å². The maximum absolute atomic E-state index is 13.0. The largest absolute Gasteiger partial charge is 0.474 e. The maximum atomic E-state index is 13.0. The number of carbonyl (C=O) groups is 1. The third kappa shape index (κ3) is 4.32. The smallest absolute Gasteiger partial charge is 0.405 e. The Bertz CT molecular complexity index is 1350. The number of ether oxygens (including phenoxy) is 1. The first-order chi connectivity index (χ1) is 17.0. The number of nitrogens with one attached hydrogen (secondary N) is 1. The second kappa shape index (κ2) is 9.58. The van der Waals surface area contributed by atoms with Gasteiger partial charge in [-0.05, 0) is 36.6 Å². The number of alkyl halides is 1. The summed E-state index contributed by atoms with van der Waals surface area (Å²) in [5.74, 6) is 0.866. The second-order valence-electron chi connectivity index (χ2n) is 8.35. The Balaban J connectivity index is 1.67. The van der Waals surface area contributed by atoms with Gasteiger partial charge >= 0.3 is 6.09 Å². The molecule has 0 aliphatic heterocycles. The number of amides is 1. The van der Waals surface area contributed by atoms with E-state index in [4.69, 9.17) is 9.15 Å². The Morgan fingerprint density at radius 3 is 2.49 bits per heavy atom. The van der Waals surface area contributed by atoms with Gasteiger partial charge < -0.3 is 19.6 Å². The van der Waals surface area contributed by atoms with Crippen LogP contribution in [0.5, 0.6) is 5.88 Å². The van der Waals surface area contributed by atoms with E-state index in [-0.39, 0.29) is 12.5 Å². The normalized spacial score (nSPS) is 14.5. The molecule has 0 spiro atoms. The highest BCUT2D eigenvalue weighted by molar-refractivity contribution is 7.98. The zero-order valence-corrected chi connectivity index (χ0v) is 19.9. The Morgan fingerprint density at radius 1 is 1.14 bits per heavy atom. The quantitative estimate of drug-likeness (QED) is 0.220. The van der Waals surface area contributed by atoms with E-state index >= 15 is 0 Å². The number of hydrogen-bond acceptors (Lipinski definition) is 6. The van der Waals surface area contributed by atoms with Gasteiger partial charge in [-0.3, -0.25) is 0 Å². The van der Waals surface area contributed by atoms with Gasteiger partial charge in [-0.15, -0.1) is 0 Å². The number of halogens is 1. The fraction of sp³-hybridized carbons (Fsp3) is 0.269. The monoisotopic (exact) mass is 493 g/mol. The van der Waals surface area contributed by atoms with Gasteiger partial charge in [0, 0.05) is 11.1 Å². The van der Waals surface area contributed by atoms with E-state index in [1.165, 1.54) is 11.8 Å². The van der Waals surface area contributed by atoms with Crippen molar-refractivity contribution in [3.8, 4) is 28.3 Å². The van der Waals surface area contributed by atoms with Crippen molar-refractivity contribution >= 4 is 29.0 Å². The van der Waals surface area contributed by atoms with E-state index in [1.54, 1.807) is 0 Å². The molecule has 9 heteroatoms. The van der Waals surface area contributed by atoms with Gasteiger partial charge in [-0.2, -0.15) is 9.97 Å². The van der Waals surface area contributed by atoms with E-state index in [0.717, 1.165) is 41.5 Å². The molecule has 1 aliphatic rings. The van der Waals surface area contributed by atoms with Crippen molar-refractivity contribution in [3.63, 3.8) is 0 Å². The van der Waals surface area contributed by atoms with Crippen LogP contribution in [0.15, 0.2) is 64.2 Å². The van der Waals surface area contributed by atoms with Gasteiger partial charge in [0.05, 0.1) is 5.54 Å². The molecule has 4 aromatic rings. The summed E-state index contributed by atoms with van der Waals surface area (Å²) in [6, 6.07) is 17.4. The molecule has 1 amide bonds. The number of fused-ring (bicyclic) bond motifs is 1. The summed E-state index contributed by atoms with van der Waals surface area (Å²) in [4.78, 5) is 20.4. The molecule has 5 rings (SSSR count). The van der Waals surface area contributed by atoms with Gasteiger partial charge in [-0.25, -0.2) is 9.18 Å². The summed E-state index contributed by atoms with van der Waals surface area (Å²) >= 11 is 1.35. The maximum Gasteiger partial charge on any atom is 0.405 e. The number of nitrogens with zero attached hydrogens (tertiary/aromatic N) is 2. The van der Waals surface area contributed by atoms with Gasteiger partial charge in [0.1, 0.15) is 24.4 Å². The molecule has 180 valence electrons. The lowest BCUT2D eigenvalue weighted by molar-refractivity contribution is 0.144. The standard InChI is InChI=1S/C26H24FN3O4S/c1-35-24-28-22(33-15-14-27)20-19(16-6-3-2-4-7-16)21(34-23(20)29-24)17-8-10-18(11-9-17)26(12-5-13-26)30-25(31)32/h2-4,6-11,30H,5,12-15H2,1H3,(H,31,32). The number of thioether (sulfide) groups is 1. The van der Waals surface area contributed by atoms with Crippen LogP contribution in [0.1, 0.15) is 24.8 Å². The van der Waals surface area contributed by atoms with Gasteiger partial charge in [0.2, 0.25) is 11.6 Å². The molecule has 1 fully saturated rings. The lowest BCUT2D eigenvalue weighted by Gasteiger charge is -2.42. The number of hydrogen-bond donors (Lipinski definition) is 2. The molecule has 0 bridgehead atoms. The van der Waals surface area contributed by atoms with Crippen LogP contribution < -0.4 is 10.1 Å². The second-order valence-corrected chi connectivity index (χ2v) is 9.12. The summed E-state index contributed by atoms with van der Waals surface area (Å²) in [7, 11) is 0. The highest BCUT2D eigenvalue weighted by Crippen LogP contribution is 2.45. The summed E-state index contributed by atoms with van der Waals surface area (Å²) in [6.07, 6.45) is 3.33. The SMILES string of the molecule is CSc1nc(OCCF)c2c(-c3ccccc3)c(-c3ccc(C4(NC(=O)O)CCC4)cc3)oc2n1. The van der Waals surface area contributed by atoms with Crippen molar-refractivity contribution in [1.29, 1.82) is 0 Å². The molecular weight excluding hydrogens is 469 g/mol. The molecule has 0 atom stereocenters. The van der Waals surface area contributed by atoms with Crippen molar-refractivity contribution in [2.24, 2.45) is 0 Å². The van der Waals surface area contributed by atoms with Crippen LogP contribution in [-0.4, -0.2) is 40.7 Å². The van der Waals surface area contributed by atoms with E-state index in [9.17, 15) is 14.3 Å². The number of aromatic nitrogens is 2. The Morgan fingerprint density at radius 2 is 1.89 bits per heavy atom. The lowest BCUT2D eigenvalue weighted by atomic mass is 9.72. The van der Waals surface area contributed by atoms with Crippen molar-refractivity contribution in [2.45, 2.75) is 30.0 Å². The van der Waals surface area contributed by atoms with E-state index in [0.29, 0.717) is 22.0 Å². The minimum Gasteiger partial charge on any atom is -0.474 e. The van der Waals surface area contributed by atoms with Crippen LogP contribution in [0.4, 0.5) is 9.18 Å². The summed E-state index contributed by atoms with van der Waals surface area (Å²) in [5, 5.41) is 13.1. The topological polar surface area (TPSA) is 97.5 Å². The van der Waals surface area contributed by atoms with Crippen LogP contribution in [0.25, 0.3) is 33.6 Å². The first kappa shape index (κ1) is 23.2. The van der Waals surface area contributed by atoms with Crippen molar-refractivity contribution in [3.05, 3.63) is 60.2 Å². The average Bonchev–Trinajstić information content (AvgIpc) is 3.25. The third-order valence-corrected chi connectivity index (χ3v) is 6.86. The van der Waals surface area contributed by atoms with Crippen LogP contribution in [0, 0.1) is 0 Å². The summed E-state index contributed by atoms with van der Waals surface area (Å²) in [6.45, 7) is -0.763. The van der Waals surface area contributed by atoms with Crippen molar-refractivity contribution < 1.29 is 23.4 Å². The number of carboxylic acid groups (broad SMARTS) is 1.